The average molecular weight is 591 g/mol. The van der Waals surface area contributed by atoms with Crippen LogP contribution in [-0.4, -0.2) is 28.9 Å². The largest absolute Gasteiger partial charge is 0.298 e. The van der Waals surface area contributed by atoms with Crippen LogP contribution in [0.3, 0.4) is 0 Å². The Labute approximate surface area is 264 Å². The molecular formula is C40H26N6. The van der Waals surface area contributed by atoms with Crippen LogP contribution in [0.15, 0.2) is 158 Å². The Morgan fingerprint density at radius 3 is 1.57 bits per heavy atom. The molecule has 6 nitrogen and oxygen atoms in total. The van der Waals surface area contributed by atoms with Crippen LogP contribution in [-0.2, 0) is 0 Å². The molecule has 0 saturated heterocycles. The van der Waals surface area contributed by atoms with E-state index < -0.39 is 0 Å². The number of nitrogens with zero attached hydrogens (tertiary/aromatic N) is 6. The van der Waals surface area contributed by atoms with Crippen molar-refractivity contribution in [3.8, 4) is 51.1 Å². The fraction of sp³-hybridized carbons (Fsp3) is 0. The molecule has 0 atom stereocenters. The standard InChI is InChI=1S/C40H26N6/c1-5-15-27(16-6-1)34-31-25-26-45-33-24-14-13-23-32(33)41-39(45)36(31)46(35(34)28-17-7-2-8-18-28)40-43-37(29-19-9-3-10-20-29)42-38(44-40)30-21-11-4-12-22-30/h1-26H. The Balaban J connectivity index is 1.49. The smallest absolute Gasteiger partial charge is 0.238 e. The molecule has 4 aromatic heterocycles. The highest BCUT2D eigenvalue weighted by molar-refractivity contribution is 6.11. The minimum absolute atomic E-state index is 0.527. The van der Waals surface area contributed by atoms with Crippen molar-refractivity contribution >= 4 is 27.6 Å². The van der Waals surface area contributed by atoms with Crippen LogP contribution in [0.2, 0.25) is 0 Å². The molecule has 0 bridgehead atoms. The molecule has 0 aliphatic rings. The van der Waals surface area contributed by atoms with Crippen LogP contribution in [0.4, 0.5) is 0 Å². The van der Waals surface area contributed by atoms with Crippen molar-refractivity contribution in [1.29, 1.82) is 0 Å². The van der Waals surface area contributed by atoms with Crippen LogP contribution in [0.5, 0.6) is 0 Å². The zero-order valence-corrected chi connectivity index (χ0v) is 24.7. The van der Waals surface area contributed by atoms with Crippen molar-refractivity contribution < 1.29 is 0 Å². The minimum atomic E-state index is 0.527. The van der Waals surface area contributed by atoms with E-state index in [2.05, 4.69) is 94.0 Å². The maximum Gasteiger partial charge on any atom is 0.238 e. The van der Waals surface area contributed by atoms with Gasteiger partial charge in [0, 0.05) is 28.3 Å². The fourth-order valence-electron chi connectivity index (χ4n) is 6.35. The van der Waals surface area contributed by atoms with Gasteiger partial charge in [-0.25, -0.2) is 9.97 Å². The van der Waals surface area contributed by atoms with Crippen LogP contribution in [0, 0.1) is 0 Å². The third-order valence-electron chi connectivity index (χ3n) is 8.40. The van der Waals surface area contributed by atoms with Crippen LogP contribution < -0.4 is 0 Å². The summed E-state index contributed by atoms with van der Waals surface area (Å²) in [7, 11) is 0. The molecule has 9 rings (SSSR count). The molecule has 0 fully saturated rings. The summed E-state index contributed by atoms with van der Waals surface area (Å²) in [4.78, 5) is 20.6. The maximum absolute atomic E-state index is 5.21. The number of rotatable bonds is 5. The zero-order chi connectivity index (χ0) is 30.5. The van der Waals surface area contributed by atoms with E-state index in [1.165, 1.54) is 0 Å². The first kappa shape index (κ1) is 26.0. The quantitative estimate of drug-likeness (QED) is 0.200. The van der Waals surface area contributed by atoms with Gasteiger partial charge in [-0.2, -0.15) is 9.97 Å². The topological polar surface area (TPSA) is 60.9 Å². The first-order valence-electron chi connectivity index (χ1n) is 15.3. The Bertz CT molecular complexity index is 2440. The molecule has 9 aromatic rings. The summed E-state index contributed by atoms with van der Waals surface area (Å²) in [6, 6.07) is 51.6. The molecule has 46 heavy (non-hydrogen) atoms. The fourth-order valence-corrected chi connectivity index (χ4v) is 6.35. The van der Waals surface area contributed by atoms with Gasteiger partial charge in [-0.15, -0.1) is 0 Å². The van der Waals surface area contributed by atoms with Crippen molar-refractivity contribution in [2.75, 3.05) is 0 Å². The summed E-state index contributed by atoms with van der Waals surface area (Å²) in [5.74, 6) is 1.73. The SMILES string of the molecule is c1ccc(-c2nc(-c3ccccc3)nc(-n3c(-c4ccccc4)c(-c4ccccc4)c4ccn5c6ccccc6nc5c43)n2)cc1. The summed E-state index contributed by atoms with van der Waals surface area (Å²) in [6.45, 7) is 0. The van der Waals surface area contributed by atoms with Gasteiger partial charge in [0.1, 0.15) is 5.52 Å². The van der Waals surface area contributed by atoms with Crippen molar-refractivity contribution in [3.63, 3.8) is 0 Å². The lowest BCUT2D eigenvalue weighted by Gasteiger charge is -2.14. The molecule has 4 heterocycles. The Morgan fingerprint density at radius 1 is 0.435 bits per heavy atom. The van der Waals surface area contributed by atoms with Gasteiger partial charge in [-0.3, -0.25) is 8.97 Å². The van der Waals surface area contributed by atoms with Crippen LogP contribution in [0.1, 0.15) is 0 Å². The number of para-hydroxylation sites is 2. The lowest BCUT2D eigenvalue weighted by Crippen LogP contribution is -2.08. The van der Waals surface area contributed by atoms with Crippen molar-refractivity contribution in [3.05, 3.63) is 158 Å². The molecule has 5 aromatic carbocycles. The number of imidazole rings is 1. The van der Waals surface area contributed by atoms with E-state index >= 15 is 0 Å². The molecule has 0 amide bonds. The van der Waals surface area contributed by atoms with E-state index in [1.54, 1.807) is 0 Å². The molecule has 0 radical (unpaired) electrons. The van der Waals surface area contributed by atoms with Gasteiger partial charge in [-0.05, 0) is 29.3 Å². The normalized spacial score (nSPS) is 11.5. The van der Waals surface area contributed by atoms with Crippen molar-refractivity contribution in [2.24, 2.45) is 0 Å². The highest BCUT2D eigenvalue weighted by Crippen LogP contribution is 2.44. The molecule has 0 aliphatic carbocycles. The predicted octanol–water partition coefficient (Wildman–Crippen LogP) is 9.28. The molecular weight excluding hydrogens is 564 g/mol. The second-order valence-electron chi connectivity index (χ2n) is 11.2. The predicted molar refractivity (Wildman–Crippen MR) is 185 cm³/mol. The number of hydrogen-bond acceptors (Lipinski definition) is 4. The third kappa shape index (κ3) is 4.19. The van der Waals surface area contributed by atoms with Gasteiger partial charge in [0.2, 0.25) is 5.95 Å². The van der Waals surface area contributed by atoms with E-state index in [0.29, 0.717) is 17.6 Å². The first-order chi connectivity index (χ1) is 22.8. The van der Waals surface area contributed by atoms with E-state index in [-0.39, 0.29) is 0 Å². The molecule has 6 heteroatoms. The summed E-state index contributed by atoms with van der Waals surface area (Å²) in [5.41, 5.74) is 9.81. The summed E-state index contributed by atoms with van der Waals surface area (Å²) in [5, 5.41) is 1.07. The van der Waals surface area contributed by atoms with E-state index in [1.807, 2.05) is 72.8 Å². The number of fused-ring (bicyclic) bond motifs is 5. The highest BCUT2D eigenvalue weighted by atomic mass is 15.2. The maximum atomic E-state index is 5.21. The van der Waals surface area contributed by atoms with E-state index in [4.69, 9.17) is 19.9 Å². The van der Waals surface area contributed by atoms with Gasteiger partial charge >= 0.3 is 0 Å². The van der Waals surface area contributed by atoms with Gasteiger partial charge < -0.3 is 0 Å². The van der Waals surface area contributed by atoms with Crippen molar-refractivity contribution in [2.45, 2.75) is 0 Å². The summed E-state index contributed by atoms with van der Waals surface area (Å²) < 4.78 is 4.35. The van der Waals surface area contributed by atoms with Gasteiger partial charge in [0.15, 0.2) is 17.3 Å². The zero-order valence-electron chi connectivity index (χ0n) is 24.7. The molecule has 0 spiro atoms. The number of benzene rings is 5. The van der Waals surface area contributed by atoms with Crippen LogP contribution >= 0.6 is 0 Å². The minimum Gasteiger partial charge on any atom is -0.298 e. The molecule has 0 unspecified atom stereocenters. The average Bonchev–Trinajstić information content (AvgIpc) is 3.69. The third-order valence-corrected chi connectivity index (χ3v) is 8.40. The first-order valence-corrected chi connectivity index (χ1v) is 15.3. The Morgan fingerprint density at radius 2 is 0.957 bits per heavy atom. The Hall–Kier alpha value is -6.40. The van der Waals surface area contributed by atoms with Gasteiger partial charge in [0.05, 0.1) is 16.7 Å². The molecule has 0 N–H and O–H groups in total. The molecule has 0 aliphatic heterocycles. The van der Waals surface area contributed by atoms with E-state index in [0.717, 1.165) is 61.1 Å². The monoisotopic (exact) mass is 590 g/mol. The second-order valence-corrected chi connectivity index (χ2v) is 11.2. The lowest BCUT2D eigenvalue weighted by molar-refractivity contribution is 0.937. The number of aromatic nitrogens is 6. The van der Waals surface area contributed by atoms with Crippen molar-refractivity contribution in [1.82, 2.24) is 28.9 Å². The number of hydrogen-bond donors (Lipinski definition) is 0. The molecule has 216 valence electrons. The van der Waals surface area contributed by atoms with E-state index in [9.17, 15) is 0 Å². The van der Waals surface area contributed by atoms with Crippen LogP contribution in [0.25, 0.3) is 78.7 Å². The highest BCUT2D eigenvalue weighted by Gasteiger charge is 2.26. The van der Waals surface area contributed by atoms with Gasteiger partial charge in [-0.1, -0.05) is 133 Å². The summed E-state index contributed by atoms with van der Waals surface area (Å²) in [6.07, 6.45) is 2.12. The second kappa shape index (κ2) is 10.6. The molecule has 0 saturated carbocycles. The Kier molecular flexibility index (Phi) is 6.03. The summed E-state index contributed by atoms with van der Waals surface area (Å²) >= 11 is 0. The number of pyridine rings is 1. The van der Waals surface area contributed by atoms with Gasteiger partial charge in [0.25, 0.3) is 0 Å². The lowest BCUT2D eigenvalue weighted by atomic mass is 9.99.